The number of amides is 2. The van der Waals surface area contributed by atoms with E-state index in [0.717, 1.165) is 16.1 Å². The molecule has 0 spiro atoms. The average Bonchev–Trinajstić information content (AvgIpc) is 2.73. The molecule has 1 atom stereocenters. The van der Waals surface area contributed by atoms with Crippen LogP contribution in [0, 0.1) is 6.92 Å². The molecule has 0 aliphatic rings. The fourth-order valence-corrected chi connectivity index (χ4v) is 4.43. The van der Waals surface area contributed by atoms with E-state index in [9.17, 15) is 18.0 Å². The van der Waals surface area contributed by atoms with Gasteiger partial charge in [0.2, 0.25) is 21.8 Å². The van der Waals surface area contributed by atoms with Crippen LogP contribution in [-0.4, -0.2) is 50.5 Å². The molecule has 2 aromatic carbocycles. The Morgan fingerprint density at radius 2 is 1.70 bits per heavy atom. The second kappa shape index (κ2) is 11.4. The number of anilines is 1. The fourth-order valence-electron chi connectivity index (χ4n) is 3.09. The molecule has 0 aliphatic carbocycles. The van der Waals surface area contributed by atoms with E-state index in [4.69, 9.17) is 34.8 Å². The Labute approximate surface area is 209 Å². The third-order valence-electron chi connectivity index (χ3n) is 4.98. The molecule has 7 nitrogen and oxygen atoms in total. The predicted octanol–water partition coefficient (Wildman–Crippen LogP) is 4.27. The van der Waals surface area contributed by atoms with Crippen molar-refractivity contribution in [3.05, 3.63) is 62.6 Å². The van der Waals surface area contributed by atoms with Gasteiger partial charge < -0.3 is 10.2 Å². The van der Waals surface area contributed by atoms with Gasteiger partial charge in [0.05, 0.1) is 22.0 Å². The number of aryl methyl sites for hydroxylation is 1. The normalized spacial score (nSPS) is 12.2. The Morgan fingerprint density at radius 3 is 2.24 bits per heavy atom. The van der Waals surface area contributed by atoms with Gasteiger partial charge in [-0.05, 0) is 56.2 Å². The van der Waals surface area contributed by atoms with Gasteiger partial charge in [0.25, 0.3) is 0 Å². The van der Waals surface area contributed by atoms with Crippen molar-refractivity contribution >= 4 is 62.3 Å². The van der Waals surface area contributed by atoms with Crippen molar-refractivity contribution in [2.45, 2.75) is 33.4 Å². The van der Waals surface area contributed by atoms with Gasteiger partial charge in [-0.15, -0.1) is 0 Å². The number of sulfonamides is 1. The summed E-state index contributed by atoms with van der Waals surface area (Å²) in [5.74, 6) is -0.933. The van der Waals surface area contributed by atoms with Crippen LogP contribution in [0.4, 0.5) is 5.69 Å². The lowest BCUT2D eigenvalue weighted by molar-refractivity contribution is -0.139. The summed E-state index contributed by atoms with van der Waals surface area (Å²) in [6.07, 6.45) is 1.00. The second-order valence-electron chi connectivity index (χ2n) is 7.54. The van der Waals surface area contributed by atoms with E-state index in [1.54, 1.807) is 51.1 Å². The van der Waals surface area contributed by atoms with Crippen molar-refractivity contribution in [1.29, 1.82) is 0 Å². The molecule has 2 rings (SSSR count). The number of rotatable bonds is 9. The Bertz CT molecular complexity index is 1140. The minimum Gasteiger partial charge on any atom is -0.355 e. The molecular weight excluding hydrogens is 509 g/mol. The highest BCUT2D eigenvalue weighted by atomic mass is 35.5. The van der Waals surface area contributed by atoms with Crippen LogP contribution in [0.3, 0.4) is 0 Å². The number of likely N-dealkylation sites (N-methyl/N-ethyl adjacent to an activating group) is 1. The highest BCUT2D eigenvalue weighted by molar-refractivity contribution is 7.92. The second-order valence-corrected chi connectivity index (χ2v) is 10.7. The number of hydrogen-bond donors (Lipinski definition) is 1. The number of carbonyl (C=O) groups is 2. The quantitative estimate of drug-likeness (QED) is 0.520. The molecule has 0 heterocycles. The van der Waals surface area contributed by atoms with E-state index < -0.39 is 28.5 Å². The summed E-state index contributed by atoms with van der Waals surface area (Å²) in [6.45, 7) is 5.03. The van der Waals surface area contributed by atoms with Crippen molar-refractivity contribution < 1.29 is 18.0 Å². The zero-order chi connectivity index (χ0) is 24.9. The maximum Gasteiger partial charge on any atom is 0.244 e. The molecule has 33 heavy (non-hydrogen) atoms. The van der Waals surface area contributed by atoms with E-state index in [2.05, 4.69) is 5.32 Å². The molecule has 0 unspecified atom stereocenters. The van der Waals surface area contributed by atoms with E-state index in [-0.39, 0.29) is 18.1 Å². The van der Waals surface area contributed by atoms with Gasteiger partial charge in [-0.2, -0.15) is 0 Å². The summed E-state index contributed by atoms with van der Waals surface area (Å²) >= 11 is 18.3. The Balaban J connectivity index is 2.42. The van der Waals surface area contributed by atoms with Gasteiger partial charge in [-0.25, -0.2) is 8.42 Å². The van der Waals surface area contributed by atoms with Crippen molar-refractivity contribution in [3.63, 3.8) is 0 Å². The van der Waals surface area contributed by atoms with Crippen LogP contribution in [0.5, 0.6) is 0 Å². The maximum atomic E-state index is 13.4. The monoisotopic (exact) mass is 533 g/mol. The summed E-state index contributed by atoms with van der Waals surface area (Å²) in [5, 5.41) is 3.72. The summed E-state index contributed by atoms with van der Waals surface area (Å²) in [7, 11) is -3.83. The lowest BCUT2D eigenvalue weighted by Crippen LogP contribution is -2.51. The van der Waals surface area contributed by atoms with Gasteiger partial charge in [0.1, 0.15) is 12.6 Å². The fraction of sp³-hybridized carbons (Fsp3) is 0.364. The molecular formula is C22H26Cl3N3O4S. The van der Waals surface area contributed by atoms with Crippen LogP contribution in [0.2, 0.25) is 15.1 Å². The zero-order valence-corrected chi connectivity index (χ0v) is 21.8. The number of benzene rings is 2. The largest absolute Gasteiger partial charge is 0.355 e. The summed E-state index contributed by atoms with van der Waals surface area (Å²) < 4.78 is 26.0. The minimum atomic E-state index is -3.83. The van der Waals surface area contributed by atoms with E-state index in [1.807, 2.05) is 0 Å². The molecule has 0 saturated carbocycles. The molecule has 0 saturated heterocycles. The molecule has 0 fully saturated rings. The molecule has 11 heteroatoms. The minimum absolute atomic E-state index is 0.0281. The molecule has 2 aromatic rings. The first kappa shape index (κ1) is 27.2. The first-order valence-corrected chi connectivity index (χ1v) is 13.1. The topological polar surface area (TPSA) is 86.8 Å². The third-order valence-corrected chi connectivity index (χ3v) is 7.26. The number of carbonyl (C=O) groups excluding carboxylic acids is 2. The van der Waals surface area contributed by atoms with E-state index in [1.165, 1.54) is 11.0 Å². The smallest absolute Gasteiger partial charge is 0.244 e. The van der Waals surface area contributed by atoms with Gasteiger partial charge in [0, 0.05) is 18.1 Å². The van der Waals surface area contributed by atoms with Crippen LogP contribution in [0.25, 0.3) is 0 Å². The third kappa shape index (κ3) is 7.24. The molecule has 0 radical (unpaired) electrons. The summed E-state index contributed by atoms with van der Waals surface area (Å²) in [6, 6.07) is 8.75. The van der Waals surface area contributed by atoms with E-state index >= 15 is 0 Å². The highest BCUT2D eigenvalue weighted by Gasteiger charge is 2.30. The van der Waals surface area contributed by atoms with Crippen molar-refractivity contribution in [3.8, 4) is 0 Å². The van der Waals surface area contributed by atoms with E-state index in [0.29, 0.717) is 27.2 Å². The number of nitrogens with one attached hydrogen (secondary N) is 1. The lowest BCUT2D eigenvalue weighted by atomic mass is 10.1. The van der Waals surface area contributed by atoms with Crippen LogP contribution in [0.1, 0.15) is 25.0 Å². The molecule has 0 bridgehead atoms. The van der Waals surface area contributed by atoms with Gasteiger partial charge in [0.15, 0.2) is 0 Å². The van der Waals surface area contributed by atoms with Crippen LogP contribution >= 0.6 is 34.8 Å². The average molecular weight is 535 g/mol. The number of nitrogens with zero attached hydrogens (tertiary/aromatic N) is 2. The first-order valence-electron chi connectivity index (χ1n) is 10.1. The first-order chi connectivity index (χ1) is 15.3. The Hall–Kier alpha value is -2.00. The van der Waals surface area contributed by atoms with Gasteiger partial charge in [-0.1, -0.05) is 46.9 Å². The van der Waals surface area contributed by atoms with Crippen LogP contribution in [0.15, 0.2) is 36.4 Å². The molecule has 1 N–H and O–H groups in total. The van der Waals surface area contributed by atoms with Gasteiger partial charge in [-0.3, -0.25) is 13.9 Å². The molecule has 0 aromatic heterocycles. The predicted molar refractivity (Wildman–Crippen MR) is 134 cm³/mol. The lowest BCUT2D eigenvalue weighted by Gasteiger charge is -2.31. The Morgan fingerprint density at radius 1 is 1.03 bits per heavy atom. The van der Waals surface area contributed by atoms with Gasteiger partial charge >= 0.3 is 0 Å². The van der Waals surface area contributed by atoms with Crippen molar-refractivity contribution in [2.24, 2.45) is 0 Å². The number of hydrogen-bond acceptors (Lipinski definition) is 4. The molecule has 2 amide bonds. The standard InChI is InChI=1S/C22H26Cl3N3O4S/c1-5-26-22(30)15(3)27(12-16-7-9-18(23)20(25)10-16)21(29)13-28(33(4,31)32)17-8-6-14(2)19(24)11-17/h6-11,15H,5,12-13H2,1-4H3,(H,26,30)/t15-/m0/s1. The molecule has 0 aliphatic heterocycles. The zero-order valence-electron chi connectivity index (χ0n) is 18.7. The molecule has 180 valence electrons. The summed E-state index contributed by atoms with van der Waals surface area (Å²) in [5.41, 5.74) is 1.66. The van der Waals surface area contributed by atoms with Crippen LogP contribution in [-0.2, 0) is 26.2 Å². The Kier molecular flexibility index (Phi) is 9.43. The van der Waals surface area contributed by atoms with Crippen LogP contribution < -0.4 is 9.62 Å². The maximum absolute atomic E-state index is 13.4. The highest BCUT2D eigenvalue weighted by Crippen LogP contribution is 2.26. The number of halogens is 3. The SMILES string of the molecule is CCNC(=O)[C@H](C)N(Cc1ccc(Cl)c(Cl)c1)C(=O)CN(c1ccc(C)c(Cl)c1)S(C)(=O)=O. The van der Waals surface area contributed by atoms with Crippen molar-refractivity contribution in [1.82, 2.24) is 10.2 Å². The van der Waals surface area contributed by atoms with Crippen molar-refractivity contribution in [2.75, 3.05) is 23.7 Å². The summed E-state index contributed by atoms with van der Waals surface area (Å²) in [4.78, 5) is 27.2.